The molecule has 2 aromatic rings. The lowest BCUT2D eigenvalue weighted by molar-refractivity contribution is 0.122. The van der Waals surface area contributed by atoms with Crippen molar-refractivity contribution in [3.63, 3.8) is 0 Å². The van der Waals surface area contributed by atoms with E-state index in [-0.39, 0.29) is 11.0 Å². The van der Waals surface area contributed by atoms with Crippen LogP contribution < -0.4 is 5.56 Å². The van der Waals surface area contributed by atoms with Gasteiger partial charge in [0.25, 0.3) is 5.56 Å². The first-order chi connectivity index (χ1) is 13.9. The number of fused-ring (bicyclic) bond motifs is 1. The maximum absolute atomic E-state index is 12.2. The second-order valence-corrected chi connectivity index (χ2v) is 9.44. The number of nitrogens with zero attached hydrogens (tertiary/aromatic N) is 6. The summed E-state index contributed by atoms with van der Waals surface area (Å²) in [7, 11) is 0. The van der Waals surface area contributed by atoms with E-state index in [0.717, 1.165) is 51.5 Å². The Morgan fingerprint density at radius 3 is 2.48 bits per heavy atom. The third-order valence-electron chi connectivity index (χ3n) is 6.19. The molecule has 2 aliphatic rings. The van der Waals surface area contributed by atoms with E-state index in [1.165, 1.54) is 30.5 Å². The van der Waals surface area contributed by atoms with Gasteiger partial charge in [-0.15, -0.1) is 0 Å². The van der Waals surface area contributed by atoms with Crippen LogP contribution in [0.4, 0.5) is 0 Å². The fraction of sp³-hybridized carbons (Fsp3) is 0.682. The minimum Gasteiger partial charge on any atom is -0.299 e. The van der Waals surface area contributed by atoms with Crippen LogP contribution in [0.3, 0.4) is 0 Å². The van der Waals surface area contributed by atoms with Gasteiger partial charge in [-0.2, -0.15) is 10.2 Å². The molecule has 0 aromatic carbocycles. The van der Waals surface area contributed by atoms with Gasteiger partial charge in [-0.1, -0.05) is 20.8 Å². The molecule has 29 heavy (non-hydrogen) atoms. The van der Waals surface area contributed by atoms with Gasteiger partial charge in [0.1, 0.15) is 0 Å². The van der Waals surface area contributed by atoms with Gasteiger partial charge in [-0.05, 0) is 25.3 Å². The van der Waals surface area contributed by atoms with E-state index in [1.807, 2.05) is 6.07 Å². The molecule has 0 saturated carbocycles. The largest absolute Gasteiger partial charge is 0.299 e. The molecule has 0 aliphatic carbocycles. The normalized spacial score (nSPS) is 18.7. The minimum absolute atomic E-state index is 0.0115. The lowest BCUT2D eigenvalue weighted by Gasteiger charge is -2.34. The van der Waals surface area contributed by atoms with Crippen LogP contribution in [0.5, 0.6) is 0 Å². The molecule has 1 fully saturated rings. The summed E-state index contributed by atoms with van der Waals surface area (Å²) in [6.45, 7) is 14.2. The first kappa shape index (κ1) is 20.3. The summed E-state index contributed by atoms with van der Waals surface area (Å²) in [6, 6.07) is 3.51. The molecule has 0 spiro atoms. The number of rotatable bonds is 5. The minimum atomic E-state index is -0.0474. The van der Waals surface area contributed by atoms with Crippen LogP contribution in [-0.2, 0) is 31.5 Å². The Kier molecular flexibility index (Phi) is 5.88. The average molecular weight is 399 g/mol. The van der Waals surface area contributed by atoms with Gasteiger partial charge in [0.15, 0.2) is 0 Å². The second kappa shape index (κ2) is 8.40. The Balaban J connectivity index is 1.28. The van der Waals surface area contributed by atoms with Crippen molar-refractivity contribution in [2.75, 3.05) is 32.7 Å². The van der Waals surface area contributed by atoms with Crippen LogP contribution >= 0.6 is 0 Å². The molecular formula is C22H34N6O. The van der Waals surface area contributed by atoms with E-state index < -0.39 is 0 Å². The highest BCUT2D eigenvalue weighted by molar-refractivity contribution is 5.19. The molecule has 0 amide bonds. The lowest BCUT2D eigenvalue weighted by atomic mass is 9.92. The molecule has 7 nitrogen and oxygen atoms in total. The van der Waals surface area contributed by atoms with Crippen molar-refractivity contribution < 1.29 is 0 Å². The molecule has 7 heteroatoms. The van der Waals surface area contributed by atoms with Gasteiger partial charge >= 0.3 is 0 Å². The van der Waals surface area contributed by atoms with E-state index in [0.29, 0.717) is 6.54 Å². The second-order valence-electron chi connectivity index (χ2n) is 9.44. The predicted molar refractivity (Wildman–Crippen MR) is 114 cm³/mol. The summed E-state index contributed by atoms with van der Waals surface area (Å²) in [4.78, 5) is 17.2. The highest BCUT2D eigenvalue weighted by atomic mass is 16.1. The molecule has 0 N–H and O–H groups in total. The standard InChI is InChI=1S/C22H34N6O/c1-22(2,3)20-7-8-21(29)28(24-20)15-14-25-10-12-26(13-11-25)17-18-16-23-27-9-5-4-6-19(18)27/h7-8,16H,4-6,9-15,17H2,1-3H3. The first-order valence-electron chi connectivity index (χ1n) is 11.0. The van der Waals surface area contributed by atoms with Gasteiger partial charge in [0, 0.05) is 68.6 Å². The van der Waals surface area contributed by atoms with Crippen LogP contribution in [0.1, 0.15) is 50.6 Å². The molecule has 0 unspecified atom stereocenters. The van der Waals surface area contributed by atoms with Crippen molar-refractivity contribution in [1.82, 2.24) is 29.4 Å². The number of aromatic nitrogens is 4. The summed E-state index contributed by atoms with van der Waals surface area (Å²) < 4.78 is 3.83. The maximum Gasteiger partial charge on any atom is 0.266 e. The Hall–Kier alpha value is -1.99. The fourth-order valence-corrected chi connectivity index (χ4v) is 4.27. The molecule has 1 saturated heterocycles. The molecule has 0 radical (unpaired) electrons. The molecule has 158 valence electrons. The Morgan fingerprint density at radius 1 is 0.966 bits per heavy atom. The van der Waals surface area contributed by atoms with Crippen molar-refractivity contribution in [2.45, 2.75) is 65.1 Å². The Morgan fingerprint density at radius 2 is 1.72 bits per heavy atom. The predicted octanol–water partition coefficient (Wildman–Crippen LogP) is 1.89. The summed E-state index contributed by atoms with van der Waals surface area (Å²) >= 11 is 0. The summed E-state index contributed by atoms with van der Waals surface area (Å²) in [5, 5.41) is 9.16. The molecule has 0 bridgehead atoms. The van der Waals surface area contributed by atoms with E-state index in [2.05, 4.69) is 51.6 Å². The zero-order chi connectivity index (χ0) is 20.4. The molecular weight excluding hydrogens is 364 g/mol. The first-order valence-corrected chi connectivity index (χ1v) is 11.0. The van der Waals surface area contributed by atoms with E-state index in [4.69, 9.17) is 0 Å². The topological polar surface area (TPSA) is 59.2 Å². The van der Waals surface area contributed by atoms with Gasteiger partial charge in [0.2, 0.25) is 0 Å². The highest BCUT2D eigenvalue weighted by Crippen LogP contribution is 2.20. The van der Waals surface area contributed by atoms with Crippen LogP contribution in [0.15, 0.2) is 23.1 Å². The zero-order valence-electron chi connectivity index (χ0n) is 18.1. The molecule has 2 aliphatic heterocycles. The third kappa shape index (κ3) is 4.78. The zero-order valence-corrected chi connectivity index (χ0v) is 18.1. The van der Waals surface area contributed by atoms with E-state index in [1.54, 1.807) is 10.7 Å². The quantitative estimate of drug-likeness (QED) is 0.770. The average Bonchev–Trinajstić information content (AvgIpc) is 3.10. The Labute approximate surface area is 173 Å². The molecule has 4 rings (SSSR count). The summed E-state index contributed by atoms with van der Waals surface area (Å²) in [5.41, 5.74) is 3.76. The lowest BCUT2D eigenvalue weighted by Crippen LogP contribution is -2.47. The van der Waals surface area contributed by atoms with Crippen molar-refractivity contribution >= 4 is 0 Å². The smallest absolute Gasteiger partial charge is 0.266 e. The number of aryl methyl sites for hydroxylation is 1. The van der Waals surface area contributed by atoms with Crippen LogP contribution in [0.25, 0.3) is 0 Å². The van der Waals surface area contributed by atoms with Crippen molar-refractivity contribution in [3.05, 3.63) is 45.6 Å². The van der Waals surface area contributed by atoms with Gasteiger partial charge in [0.05, 0.1) is 18.4 Å². The highest BCUT2D eigenvalue weighted by Gasteiger charge is 2.21. The van der Waals surface area contributed by atoms with E-state index >= 15 is 0 Å². The number of piperazine rings is 1. The Bertz CT molecular complexity index is 885. The van der Waals surface area contributed by atoms with Crippen LogP contribution in [0.2, 0.25) is 0 Å². The van der Waals surface area contributed by atoms with Crippen molar-refractivity contribution in [2.24, 2.45) is 0 Å². The number of hydrogen-bond donors (Lipinski definition) is 0. The monoisotopic (exact) mass is 398 g/mol. The molecule has 0 atom stereocenters. The van der Waals surface area contributed by atoms with Crippen LogP contribution in [-0.4, -0.2) is 62.1 Å². The van der Waals surface area contributed by atoms with E-state index in [9.17, 15) is 4.79 Å². The van der Waals surface area contributed by atoms with Gasteiger partial charge in [-0.3, -0.25) is 19.3 Å². The molecule has 4 heterocycles. The third-order valence-corrected chi connectivity index (χ3v) is 6.19. The van der Waals surface area contributed by atoms with Crippen LogP contribution in [0, 0.1) is 0 Å². The fourth-order valence-electron chi connectivity index (χ4n) is 4.27. The van der Waals surface area contributed by atoms with Crippen molar-refractivity contribution in [3.8, 4) is 0 Å². The molecule has 2 aromatic heterocycles. The van der Waals surface area contributed by atoms with Gasteiger partial charge < -0.3 is 0 Å². The maximum atomic E-state index is 12.2. The summed E-state index contributed by atoms with van der Waals surface area (Å²) in [6.07, 6.45) is 5.79. The SMILES string of the molecule is CC(C)(C)c1ccc(=O)n(CCN2CCN(Cc3cnn4c3CCCC4)CC2)n1. The summed E-state index contributed by atoms with van der Waals surface area (Å²) in [5.74, 6) is 0. The number of hydrogen-bond acceptors (Lipinski definition) is 5. The van der Waals surface area contributed by atoms with Crippen molar-refractivity contribution in [1.29, 1.82) is 0 Å². The van der Waals surface area contributed by atoms with Gasteiger partial charge in [-0.25, -0.2) is 4.68 Å².